The summed E-state index contributed by atoms with van der Waals surface area (Å²) in [7, 11) is 0. The molecule has 16 heavy (non-hydrogen) atoms. The molecule has 0 N–H and O–H groups in total. The lowest BCUT2D eigenvalue weighted by Gasteiger charge is -2.22. The number of hydrogen-bond acceptors (Lipinski definition) is 3. The van der Waals surface area contributed by atoms with E-state index in [-0.39, 0.29) is 0 Å². The maximum absolute atomic E-state index is 6.09. The fraction of sp³-hybridized carbons (Fsp3) is 0.818. The summed E-state index contributed by atoms with van der Waals surface area (Å²) >= 11 is 8.14. The highest BCUT2D eigenvalue weighted by Gasteiger charge is 2.19. The second-order valence-corrected chi connectivity index (χ2v) is 6.33. The van der Waals surface area contributed by atoms with Gasteiger partial charge in [-0.1, -0.05) is 20.3 Å². The zero-order chi connectivity index (χ0) is 11.5. The maximum Gasteiger partial charge on any atom is 0.225 e. The lowest BCUT2D eigenvalue weighted by atomic mass is 10.1. The minimum atomic E-state index is 0.383. The normalized spacial score (nSPS) is 21.6. The van der Waals surface area contributed by atoms with E-state index >= 15 is 0 Å². The molecule has 90 valence electrons. The summed E-state index contributed by atoms with van der Waals surface area (Å²) < 4.78 is 2.08. The van der Waals surface area contributed by atoms with Gasteiger partial charge in [0, 0.05) is 17.7 Å². The Morgan fingerprint density at radius 1 is 1.44 bits per heavy atom. The molecule has 1 fully saturated rings. The van der Waals surface area contributed by atoms with Crippen molar-refractivity contribution in [2.75, 3.05) is 5.75 Å². The van der Waals surface area contributed by atoms with Crippen LogP contribution < -0.4 is 0 Å². The van der Waals surface area contributed by atoms with Crippen molar-refractivity contribution in [1.82, 2.24) is 14.8 Å². The second-order valence-electron chi connectivity index (χ2n) is 4.58. The number of halogens is 1. The largest absolute Gasteiger partial charge is 0.300 e. The molecule has 0 aliphatic carbocycles. The van der Waals surface area contributed by atoms with Crippen LogP contribution in [-0.4, -0.2) is 25.8 Å². The Bertz CT molecular complexity index is 345. The third-order valence-electron chi connectivity index (χ3n) is 2.91. The summed E-state index contributed by atoms with van der Waals surface area (Å²) in [6, 6.07) is 0. The molecule has 3 nitrogen and oxygen atoms in total. The van der Waals surface area contributed by atoms with E-state index in [1.807, 2.05) is 0 Å². The van der Waals surface area contributed by atoms with Gasteiger partial charge in [-0.25, -0.2) is 0 Å². The van der Waals surface area contributed by atoms with Crippen molar-refractivity contribution in [3.8, 4) is 0 Å². The molecule has 1 aromatic heterocycles. The molecule has 1 aromatic rings. The van der Waals surface area contributed by atoms with Crippen LogP contribution >= 0.6 is 23.4 Å². The van der Waals surface area contributed by atoms with Crippen LogP contribution in [0.5, 0.6) is 0 Å². The third-order valence-corrected chi connectivity index (χ3v) is 4.57. The molecule has 0 spiro atoms. The van der Waals surface area contributed by atoms with Gasteiger partial charge >= 0.3 is 0 Å². The first-order valence-corrected chi connectivity index (χ1v) is 7.31. The Balaban J connectivity index is 2.09. The van der Waals surface area contributed by atoms with Gasteiger partial charge in [-0.3, -0.25) is 0 Å². The first-order chi connectivity index (χ1) is 7.68. The van der Waals surface area contributed by atoms with E-state index in [1.54, 1.807) is 0 Å². The van der Waals surface area contributed by atoms with Gasteiger partial charge in [0.15, 0.2) is 0 Å². The molecule has 1 atom stereocenters. The Labute approximate surface area is 106 Å². The van der Waals surface area contributed by atoms with Gasteiger partial charge in [-0.05, 0) is 30.2 Å². The van der Waals surface area contributed by atoms with Gasteiger partial charge in [0.2, 0.25) is 5.28 Å². The maximum atomic E-state index is 6.09. The molecule has 1 saturated heterocycles. The lowest BCUT2D eigenvalue weighted by molar-refractivity contribution is 0.555. The third kappa shape index (κ3) is 2.72. The Morgan fingerprint density at radius 2 is 2.25 bits per heavy atom. The van der Waals surface area contributed by atoms with E-state index in [9.17, 15) is 0 Å². The van der Waals surface area contributed by atoms with Crippen molar-refractivity contribution in [3.05, 3.63) is 11.1 Å². The molecule has 1 aliphatic heterocycles. The number of thioether (sulfide) groups is 1. The second kappa shape index (κ2) is 5.41. The van der Waals surface area contributed by atoms with Crippen LogP contribution in [0.25, 0.3) is 0 Å². The highest BCUT2D eigenvalue weighted by atomic mass is 35.5. The van der Waals surface area contributed by atoms with Gasteiger partial charge < -0.3 is 4.57 Å². The molecule has 0 radical (unpaired) electrons. The van der Waals surface area contributed by atoms with Gasteiger partial charge in [-0.15, -0.1) is 10.2 Å². The van der Waals surface area contributed by atoms with Gasteiger partial charge in [0.1, 0.15) is 5.82 Å². The smallest absolute Gasteiger partial charge is 0.225 e. The molecule has 0 bridgehead atoms. The van der Waals surface area contributed by atoms with Gasteiger partial charge in [-0.2, -0.15) is 11.8 Å². The molecule has 1 unspecified atom stereocenters. The lowest BCUT2D eigenvalue weighted by Crippen LogP contribution is -2.19. The van der Waals surface area contributed by atoms with E-state index < -0.39 is 0 Å². The SMILES string of the molecule is CC(C)c1nnc(Cl)n1CC1CCCCS1. The summed E-state index contributed by atoms with van der Waals surface area (Å²) in [5.41, 5.74) is 0. The molecule has 5 heteroatoms. The van der Waals surface area contributed by atoms with E-state index in [0.717, 1.165) is 12.4 Å². The van der Waals surface area contributed by atoms with Crippen molar-refractivity contribution in [2.24, 2.45) is 0 Å². The van der Waals surface area contributed by atoms with Crippen LogP contribution in [0.4, 0.5) is 0 Å². The molecule has 0 aromatic carbocycles. The number of nitrogens with zero attached hydrogens (tertiary/aromatic N) is 3. The van der Waals surface area contributed by atoms with E-state index in [1.165, 1.54) is 25.0 Å². The topological polar surface area (TPSA) is 30.7 Å². The van der Waals surface area contributed by atoms with Gasteiger partial charge in [0.25, 0.3) is 0 Å². The molecular weight excluding hydrogens is 242 g/mol. The zero-order valence-corrected chi connectivity index (χ0v) is 11.4. The highest BCUT2D eigenvalue weighted by molar-refractivity contribution is 7.99. The van der Waals surface area contributed by atoms with Crippen LogP contribution in [0.1, 0.15) is 44.9 Å². The van der Waals surface area contributed by atoms with E-state index in [4.69, 9.17) is 11.6 Å². The predicted molar refractivity (Wildman–Crippen MR) is 69.2 cm³/mol. The average molecular weight is 260 g/mol. The first kappa shape index (κ1) is 12.2. The zero-order valence-electron chi connectivity index (χ0n) is 9.82. The quantitative estimate of drug-likeness (QED) is 0.834. The Kier molecular flexibility index (Phi) is 4.14. The Hall–Kier alpha value is -0.220. The van der Waals surface area contributed by atoms with Crippen LogP contribution in [-0.2, 0) is 6.54 Å². The molecule has 1 aliphatic rings. The number of rotatable bonds is 3. The van der Waals surface area contributed by atoms with Crippen LogP contribution in [0.3, 0.4) is 0 Å². The van der Waals surface area contributed by atoms with Crippen molar-refractivity contribution in [1.29, 1.82) is 0 Å². The summed E-state index contributed by atoms with van der Waals surface area (Å²) in [4.78, 5) is 0. The molecule has 2 heterocycles. The van der Waals surface area contributed by atoms with Crippen molar-refractivity contribution in [3.63, 3.8) is 0 Å². The van der Waals surface area contributed by atoms with Crippen LogP contribution in [0.15, 0.2) is 0 Å². The molecule has 0 saturated carbocycles. The molecule has 2 rings (SSSR count). The summed E-state index contributed by atoms with van der Waals surface area (Å²) in [6.45, 7) is 5.22. The molecule has 0 amide bonds. The summed E-state index contributed by atoms with van der Waals surface area (Å²) in [5, 5.41) is 9.34. The van der Waals surface area contributed by atoms with E-state index in [0.29, 0.717) is 16.5 Å². The molecular formula is C11H18ClN3S. The minimum Gasteiger partial charge on any atom is -0.300 e. The minimum absolute atomic E-state index is 0.383. The number of hydrogen-bond donors (Lipinski definition) is 0. The van der Waals surface area contributed by atoms with E-state index in [2.05, 4.69) is 40.4 Å². The average Bonchev–Trinajstić information content (AvgIpc) is 2.62. The Morgan fingerprint density at radius 3 is 2.88 bits per heavy atom. The fourth-order valence-corrected chi connectivity index (χ4v) is 3.53. The van der Waals surface area contributed by atoms with Gasteiger partial charge in [0.05, 0.1) is 0 Å². The summed E-state index contributed by atoms with van der Waals surface area (Å²) in [6.07, 6.45) is 3.99. The van der Waals surface area contributed by atoms with Crippen molar-refractivity contribution < 1.29 is 0 Å². The number of aromatic nitrogens is 3. The predicted octanol–water partition coefficient (Wildman–Crippen LogP) is 3.34. The fourth-order valence-electron chi connectivity index (χ4n) is 2.05. The highest BCUT2D eigenvalue weighted by Crippen LogP contribution is 2.28. The van der Waals surface area contributed by atoms with Crippen molar-refractivity contribution >= 4 is 23.4 Å². The monoisotopic (exact) mass is 259 g/mol. The first-order valence-electron chi connectivity index (χ1n) is 5.88. The summed E-state index contributed by atoms with van der Waals surface area (Å²) in [5.74, 6) is 2.67. The standard InChI is InChI=1S/C11H18ClN3S/c1-8(2)10-13-14-11(12)15(10)7-9-5-3-4-6-16-9/h8-9H,3-7H2,1-2H3. The van der Waals surface area contributed by atoms with Crippen LogP contribution in [0.2, 0.25) is 5.28 Å². The van der Waals surface area contributed by atoms with Crippen molar-refractivity contribution in [2.45, 2.75) is 50.8 Å². The van der Waals surface area contributed by atoms with Crippen LogP contribution in [0, 0.1) is 0 Å².